The first-order chi connectivity index (χ1) is 11.2. The fraction of sp³-hybridized carbons (Fsp3) is 0.111. The van der Waals surface area contributed by atoms with Crippen LogP contribution in [0.25, 0.3) is 6.08 Å². The van der Waals surface area contributed by atoms with Crippen molar-refractivity contribution < 1.29 is 14.3 Å². The van der Waals surface area contributed by atoms with Crippen molar-refractivity contribution in [3.05, 3.63) is 65.1 Å². The zero-order valence-electron chi connectivity index (χ0n) is 12.6. The topological polar surface area (TPSA) is 46.6 Å². The maximum Gasteiger partial charge on any atom is 0.298 e. The third kappa shape index (κ3) is 3.29. The van der Waals surface area contributed by atoms with E-state index in [2.05, 4.69) is 0 Å². The van der Waals surface area contributed by atoms with E-state index in [9.17, 15) is 9.59 Å². The third-order valence-electron chi connectivity index (χ3n) is 3.30. The van der Waals surface area contributed by atoms with Crippen molar-refractivity contribution in [1.82, 2.24) is 0 Å². The van der Waals surface area contributed by atoms with E-state index in [0.717, 1.165) is 23.1 Å². The molecule has 0 N–H and O–H groups in total. The number of amides is 2. The van der Waals surface area contributed by atoms with E-state index < -0.39 is 0 Å². The molecule has 1 aliphatic rings. The number of hydrogen-bond donors (Lipinski definition) is 0. The normalized spacial score (nSPS) is 16.2. The molecule has 0 radical (unpaired) electrons. The van der Waals surface area contributed by atoms with Crippen LogP contribution < -0.4 is 9.64 Å². The zero-order valence-corrected chi connectivity index (χ0v) is 13.4. The van der Waals surface area contributed by atoms with Crippen molar-refractivity contribution in [3.8, 4) is 5.75 Å². The van der Waals surface area contributed by atoms with Crippen LogP contribution in [0.1, 0.15) is 12.5 Å². The summed E-state index contributed by atoms with van der Waals surface area (Å²) in [6.07, 6.45) is 1.73. The maximum atomic E-state index is 12.5. The van der Waals surface area contributed by atoms with Crippen molar-refractivity contribution in [1.29, 1.82) is 0 Å². The van der Waals surface area contributed by atoms with Gasteiger partial charge in [0.05, 0.1) is 17.2 Å². The number of benzene rings is 2. The fourth-order valence-corrected chi connectivity index (χ4v) is 3.09. The molecule has 1 saturated heterocycles. The Balaban J connectivity index is 1.84. The molecule has 23 heavy (non-hydrogen) atoms. The molecule has 0 aromatic heterocycles. The first-order valence-electron chi connectivity index (χ1n) is 7.25. The molecule has 1 fully saturated rings. The monoisotopic (exact) mass is 325 g/mol. The number of ether oxygens (including phenoxy) is 1. The third-order valence-corrected chi connectivity index (χ3v) is 4.17. The molecule has 4 nitrogen and oxygen atoms in total. The summed E-state index contributed by atoms with van der Waals surface area (Å²) in [7, 11) is 0. The lowest BCUT2D eigenvalue weighted by Crippen LogP contribution is -2.27. The number of anilines is 1. The van der Waals surface area contributed by atoms with Crippen LogP contribution >= 0.6 is 11.8 Å². The summed E-state index contributed by atoms with van der Waals surface area (Å²) in [5.41, 5.74) is 1.44. The highest BCUT2D eigenvalue weighted by atomic mass is 32.2. The summed E-state index contributed by atoms with van der Waals surface area (Å²) in [6, 6.07) is 16.4. The van der Waals surface area contributed by atoms with Crippen LogP contribution in [-0.4, -0.2) is 17.8 Å². The zero-order chi connectivity index (χ0) is 16.2. The second-order valence-corrected chi connectivity index (χ2v) is 5.85. The molecule has 0 unspecified atom stereocenters. The van der Waals surface area contributed by atoms with Gasteiger partial charge in [-0.2, -0.15) is 0 Å². The molecule has 116 valence electrons. The Labute approximate surface area is 138 Å². The molecule has 0 spiro atoms. The molecule has 2 amide bonds. The summed E-state index contributed by atoms with van der Waals surface area (Å²) in [6.45, 7) is 2.53. The Morgan fingerprint density at radius 3 is 2.39 bits per heavy atom. The van der Waals surface area contributed by atoms with Crippen LogP contribution in [0.5, 0.6) is 5.75 Å². The SMILES string of the molecule is CCOc1ccc(/C=C2\SC(=O)N(c3ccccc3)C2=O)cc1. The van der Waals surface area contributed by atoms with Gasteiger partial charge in [-0.1, -0.05) is 30.3 Å². The van der Waals surface area contributed by atoms with Gasteiger partial charge < -0.3 is 4.74 Å². The van der Waals surface area contributed by atoms with Crippen LogP contribution in [0.15, 0.2) is 59.5 Å². The Morgan fingerprint density at radius 1 is 1.04 bits per heavy atom. The highest BCUT2D eigenvalue weighted by molar-refractivity contribution is 8.19. The first-order valence-corrected chi connectivity index (χ1v) is 8.06. The van der Waals surface area contributed by atoms with E-state index in [1.54, 1.807) is 30.3 Å². The summed E-state index contributed by atoms with van der Waals surface area (Å²) in [5.74, 6) is 0.488. The molecule has 0 bridgehead atoms. The minimum absolute atomic E-state index is 0.279. The Kier molecular flexibility index (Phi) is 4.48. The Bertz CT molecular complexity index is 754. The van der Waals surface area contributed by atoms with Crippen LogP contribution in [0.4, 0.5) is 10.5 Å². The van der Waals surface area contributed by atoms with Gasteiger partial charge in [0.2, 0.25) is 0 Å². The Morgan fingerprint density at radius 2 is 1.74 bits per heavy atom. The molecular weight excluding hydrogens is 310 g/mol. The van der Waals surface area contributed by atoms with Crippen LogP contribution in [0, 0.1) is 0 Å². The fourth-order valence-electron chi connectivity index (χ4n) is 2.25. The lowest BCUT2D eigenvalue weighted by Gasteiger charge is -2.11. The van der Waals surface area contributed by atoms with Crippen LogP contribution in [-0.2, 0) is 4.79 Å². The predicted molar refractivity (Wildman–Crippen MR) is 92.5 cm³/mol. The molecule has 0 saturated carbocycles. The Hall–Kier alpha value is -2.53. The minimum Gasteiger partial charge on any atom is -0.494 e. The average molecular weight is 325 g/mol. The number of rotatable bonds is 4. The van der Waals surface area contributed by atoms with E-state index in [4.69, 9.17) is 4.74 Å². The van der Waals surface area contributed by atoms with Crippen molar-refractivity contribution >= 4 is 34.7 Å². The second kappa shape index (κ2) is 6.71. The maximum absolute atomic E-state index is 12.5. The van der Waals surface area contributed by atoms with Gasteiger partial charge in [-0.15, -0.1) is 0 Å². The molecule has 2 aromatic carbocycles. The number of nitrogens with zero attached hydrogens (tertiary/aromatic N) is 1. The van der Waals surface area contributed by atoms with Gasteiger partial charge >= 0.3 is 0 Å². The largest absolute Gasteiger partial charge is 0.494 e. The lowest BCUT2D eigenvalue weighted by atomic mass is 10.2. The van der Waals surface area contributed by atoms with Gasteiger partial charge in [0.15, 0.2) is 0 Å². The smallest absolute Gasteiger partial charge is 0.298 e. The van der Waals surface area contributed by atoms with Gasteiger partial charge in [0.1, 0.15) is 5.75 Å². The highest BCUT2D eigenvalue weighted by Crippen LogP contribution is 2.35. The number of thioether (sulfide) groups is 1. The molecule has 0 aliphatic carbocycles. The van der Waals surface area contributed by atoms with Gasteiger partial charge in [0.25, 0.3) is 11.1 Å². The van der Waals surface area contributed by atoms with Gasteiger partial charge in [-0.25, -0.2) is 4.90 Å². The molecule has 0 atom stereocenters. The highest BCUT2D eigenvalue weighted by Gasteiger charge is 2.36. The molecule has 1 heterocycles. The minimum atomic E-state index is -0.292. The number of carbonyl (C=O) groups is 2. The van der Waals surface area contributed by atoms with Crippen molar-refractivity contribution in [2.45, 2.75) is 6.92 Å². The summed E-state index contributed by atoms with van der Waals surface area (Å²) in [4.78, 5) is 26.2. The quantitative estimate of drug-likeness (QED) is 0.785. The number of hydrogen-bond acceptors (Lipinski definition) is 4. The van der Waals surface area contributed by atoms with Gasteiger partial charge in [-0.3, -0.25) is 9.59 Å². The van der Waals surface area contributed by atoms with Crippen LogP contribution in [0.3, 0.4) is 0 Å². The van der Waals surface area contributed by atoms with Crippen molar-refractivity contribution in [2.24, 2.45) is 0 Å². The van der Waals surface area contributed by atoms with Crippen molar-refractivity contribution in [3.63, 3.8) is 0 Å². The van der Waals surface area contributed by atoms with Gasteiger partial charge in [-0.05, 0) is 54.6 Å². The molecule has 2 aromatic rings. The number of imide groups is 1. The standard InChI is InChI=1S/C18H15NO3S/c1-2-22-15-10-8-13(9-11-15)12-16-17(20)19(18(21)23-16)14-6-4-3-5-7-14/h3-12H,2H2,1H3/b16-12-. The van der Waals surface area contributed by atoms with Gasteiger partial charge in [0, 0.05) is 0 Å². The lowest BCUT2D eigenvalue weighted by molar-refractivity contribution is -0.113. The summed E-state index contributed by atoms with van der Waals surface area (Å²) < 4.78 is 5.39. The average Bonchev–Trinajstić information content (AvgIpc) is 2.84. The number of carbonyl (C=O) groups excluding carboxylic acids is 2. The van der Waals surface area contributed by atoms with E-state index >= 15 is 0 Å². The summed E-state index contributed by atoms with van der Waals surface area (Å²) >= 11 is 0.953. The molecule has 1 aliphatic heterocycles. The van der Waals surface area contributed by atoms with E-state index in [1.807, 2.05) is 37.3 Å². The van der Waals surface area contributed by atoms with E-state index in [-0.39, 0.29) is 11.1 Å². The first kappa shape index (κ1) is 15.4. The van der Waals surface area contributed by atoms with Crippen molar-refractivity contribution in [2.75, 3.05) is 11.5 Å². The van der Waals surface area contributed by atoms with Crippen LogP contribution in [0.2, 0.25) is 0 Å². The predicted octanol–water partition coefficient (Wildman–Crippen LogP) is 4.33. The number of para-hydroxylation sites is 1. The molecule has 5 heteroatoms. The second-order valence-electron chi connectivity index (χ2n) is 4.85. The molecule has 3 rings (SSSR count). The van der Waals surface area contributed by atoms with E-state index in [1.165, 1.54) is 4.90 Å². The summed E-state index contributed by atoms with van der Waals surface area (Å²) in [5, 5.41) is -0.279. The molecular formula is C18H15NO3S. The van der Waals surface area contributed by atoms with E-state index in [0.29, 0.717) is 17.2 Å².